The van der Waals surface area contributed by atoms with E-state index in [1.807, 2.05) is 0 Å². The van der Waals surface area contributed by atoms with Gasteiger partial charge in [-0.25, -0.2) is 9.59 Å². The van der Waals surface area contributed by atoms with Gasteiger partial charge in [0.05, 0.1) is 5.56 Å². The number of amides is 2. The van der Waals surface area contributed by atoms with Crippen LogP contribution < -0.4 is 5.32 Å². The second kappa shape index (κ2) is 7.86. The first-order valence-electron chi connectivity index (χ1n) is 5.99. The lowest BCUT2D eigenvalue weighted by Gasteiger charge is -2.18. The number of nitrogens with zero attached hydrogens (tertiary/aromatic N) is 1. The second-order valence-electron chi connectivity index (χ2n) is 4.20. The van der Waals surface area contributed by atoms with Gasteiger partial charge in [0.2, 0.25) is 0 Å². The Balaban J connectivity index is 2.66. The molecule has 2 amide bonds. The van der Waals surface area contributed by atoms with E-state index in [-0.39, 0.29) is 11.6 Å². The zero-order valence-corrected chi connectivity index (χ0v) is 12.9. The summed E-state index contributed by atoms with van der Waals surface area (Å²) in [5.41, 5.74) is 0.541. The van der Waals surface area contributed by atoms with Gasteiger partial charge in [-0.3, -0.25) is 0 Å². The van der Waals surface area contributed by atoms with Crippen LogP contribution in [0.4, 0.5) is 10.5 Å². The van der Waals surface area contributed by atoms with Gasteiger partial charge < -0.3 is 20.1 Å². The van der Waals surface area contributed by atoms with E-state index in [2.05, 4.69) is 21.2 Å². The lowest BCUT2D eigenvalue weighted by molar-refractivity contribution is 0.0696. The molecule has 0 fully saturated rings. The molecule has 1 aromatic rings. The largest absolute Gasteiger partial charge is 0.478 e. The van der Waals surface area contributed by atoms with Crippen LogP contribution in [0.15, 0.2) is 22.7 Å². The van der Waals surface area contributed by atoms with Gasteiger partial charge >= 0.3 is 12.0 Å². The summed E-state index contributed by atoms with van der Waals surface area (Å²) in [5, 5.41) is 11.7. The number of anilines is 1. The Bertz CT molecular complexity index is 493. The van der Waals surface area contributed by atoms with Crippen molar-refractivity contribution >= 4 is 33.6 Å². The summed E-state index contributed by atoms with van der Waals surface area (Å²) < 4.78 is 5.39. The molecular weight excluding hydrogens is 328 g/mol. The number of carboxylic acids is 1. The van der Waals surface area contributed by atoms with Crippen molar-refractivity contribution in [2.45, 2.75) is 6.42 Å². The van der Waals surface area contributed by atoms with Crippen molar-refractivity contribution in [2.24, 2.45) is 0 Å². The minimum Gasteiger partial charge on any atom is -0.478 e. The van der Waals surface area contributed by atoms with Crippen molar-refractivity contribution in [2.75, 3.05) is 32.6 Å². The number of urea groups is 1. The summed E-state index contributed by atoms with van der Waals surface area (Å²) >= 11 is 3.15. The van der Waals surface area contributed by atoms with E-state index < -0.39 is 5.97 Å². The maximum atomic E-state index is 11.9. The van der Waals surface area contributed by atoms with Crippen molar-refractivity contribution in [1.29, 1.82) is 0 Å². The number of carbonyl (C=O) groups excluding carboxylic acids is 1. The predicted molar refractivity (Wildman–Crippen MR) is 79.2 cm³/mol. The van der Waals surface area contributed by atoms with Gasteiger partial charge in [-0.1, -0.05) is 0 Å². The number of nitrogens with one attached hydrogen (secondary N) is 1. The van der Waals surface area contributed by atoms with Gasteiger partial charge in [-0.15, -0.1) is 0 Å². The molecule has 0 aliphatic carbocycles. The monoisotopic (exact) mass is 344 g/mol. The van der Waals surface area contributed by atoms with Crippen LogP contribution in [-0.2, 0) is 4.74 Å². The van der Waals surface area contributed by atoms with Crippen molar-refractivity contribution in [3.05, 3.63) is 28.2 Å². The van der Waals surface area contributed by atoms with Crippen LogP contribution >= 0.6 is 15.9 Å². The topological polar surface area (TPSA) is 78.9 Å². The molecule has 0 spiro atoms. The fourth-order valence-electron chi connectivity index (χ4n) is 1.53. The molecule has 1 aromatic carbocycles. The van der Waals surface area contributed by atoms with Gasteiger partial charge in [0.25, 0.3) is 0 Å². The molecule has 0 heterocycles. The molecule has 1 rings (SSSR count). The first-order chi connectivity index (χ1) is 9.45. The van der Waals surface area contributed by atoms with Gasteiger partial charge in [-0.2, -0.15) is 0 Å². The van der Waals surface area contributed by atoms with E-state index in [1.165, 1.54) is 11.0 Å². The van der Waals surface area contributed by atoms with E-state index in [9.17, 15) is 9.59 Å². The lowest BCUT2D eigenvalue weighted by atomic mass is 10.2. The van der Waals surface area contributed by atoms with Crippen LogP contribution in [0.3, 0.4) is 0 Å². The lowest BCUT2D eigenvalue weighted by Crippen LogP contribution is -2.32. The van der Waals surface area contributed by atoms with Crippen molar-refractivity contribution in [1.82, 2.24) is 4.90 Å². The molecule has 2 N–H and O–H groups in total. The summed E-state index contributed by atoms with van der Waals surface area (Å²) in [6.45, 7) is 1.14. The molecular formula is C13H17BrN2O4. The van der Waals surface area contributed by atoms with Crippen molar-refractivity contribution in [3.63, 3.8) is 0 Å². The number of rotatable bonds is 6. The average Bonchev–Trinajstić information content (AvgIpc) is 2.40. The van der Waals surface area contributed by atoms with Crippen LogP contribution in [0, 0.1) is 0 Å². The third-order valence-electron chi connectivity index (χ3n) is 2.64. The quantitative estimate of drug-likeness (QED) is 0.777. The van der Waals surface area contributed by atoms with Crippen molar-refractivity contribution < 1.29 is 19.4 Å². The van der Waals surface area contributed by atoms with E-state index >= 15 is 0 Å². The highest BCUT2D eigenvalue weighted by Gasteiger charge is 2.12. The van der Waals surface area contributed by atoms with E-state index in [0.717, 1.165) is 6.42 Å². The highest BCUT2D eigenvalue weighted by Crippen LogP contribution is 2.21. The average molecular weight is 345 g/mol. The standard InChI is InChI=1S/C13H17BrN2O4/c1-16(6-3-7-20-2)13(19)15-9-4-5-11(14)10(8-9)12(17)18/h4-5,8H,3,6-7H2,1-2H3,(H,15,19)(H,17,18). The van der Waals surface area contributed by atoms with Crippen LogP contribution in [-0.4, -0.2) is 49.3 Å². The number of aromatic carboxylic acids is 1. The number of ether oxygens (including phenoxy) is 1. The Morgan fingerprint density at radius 2 is 2.15 bits per heavy atom. The summed E-state index contributed by atoms with van der Waals surface area (Å²) in [6.07, 6.45) is 0.737. The van der Waals surface area contributed by atoms with E-state index in [4.69, 9.17) is 9.84 Å². The fraction of sp³-hybridized carbons (Fsp3) is 0.385. The molecule has 6 nitrogen and oxygen atoms in total. The Morgan fingerprint density at radius 1 is 1.45 bits per heavy atom. The van der Waals surface area contributed by atoms with E-state index in [1.54, 1.807) is 26.3 Å². The molecule has 0 aliphatic rings. The number of benzene rings is 1. The predicted octanol–water partition coefficient (Wildman–Crippen LogP) is 2.65. The van der Waals surface area contributed by atoms with Crippen LogP contribution in [0.25, 0.3) is 0 Å². The summed E-state index contributed by atoms with van der Waals surface area (Å²) in [7, 11) is 3.28. The number of carbonyl (C=O) groups is 2. The van der Waals surface area contributed by atoms with E-state index in [0.29, 0.717) is 23.3 Å². The second-order valence-corrected chi connectivity index (χ2v) is 5.05. The maximum absolute atomic E-state index is 11.9. The first-order valence-corrected chi connectivity index (χ1v) is 6.79. The maximum Gasteiger partial charge on any atom is 0.336 e. The number of halogens is 1. The highest BCUT2D eigenvalue weighted by molar-refractivity contribution is 9.10. The molecule has 0 atom stereocenters. The molecule has 0 bridgehead atoms. The molecule has 0 unspecified atom stereocenters. The number of methoxy groups -OCH3 is 1. The third kappa shape index (κ3) is 4.82. The third-order valence-corrected chi connectivity index (χ3v) is 3.33. The van der Waals surface area contributed by atoms with Crippen LogP contribution in [0.2, 0.25) is 0 Å². The van der Waals surface area contributed by atoms with Gasteiger partial charge in [0.15, 0.2) is 0 Å². The smallest absolute Gasteiger partial charge is 0.336 e. The van der Waals surface area contributed by atoms with Crippen LogP contribution in [0.1, 0.15) is 16.8 Å². The number of hydrogen-bond acceptors (Lipinski definition) is 3. The number of carboxylic acid groups (broad SMARTS) is 1. The Morgan fingerprint density at radius 3 is 2.75 bits per heavy atom. The highest BCUT2D eigenvalue weighted by atomic mass is 79.9. The molecule has 0 saturated heterocycles. The van der Waals surface area contributed by atoms with Gasteiger partial charge in [0, 0.05) is 37.5 Å². The zero-order valence-electron chi connectivity index (χ0n) is 11.4. The summed E-state index contributed by atoms with van der Waals surface area (Å²) in [4.78, 5) is 24.4. The first kappa shape index (κ1) is 16.5. The van der Waals surface area contributed by atoms with Crippen LogP contribution in [0.5, 0.6) is 0 Å². The molecule has 20 heavy (non-hydrogen) atoms. The molecule has 0 aliphatic heterocycles. The zero-order chi connectivity index (χ0) is 15.1. The Hall–Kier alpha value is -1.60. The number of hydrogen-bond donors (Lipinski definition) is 2. The molecule has 0 aromatic heterocycles. The Labute approximate surface area is 125 Å². The summed E-state index contributed by atoms with van der Waals surface area (Å²) in [5.74, 6) is -1.05. The van der Waals surface area contributed by atoms with Crippen molar-refractivity contribution in [3.8, 4) is 0 Å². The molecule has 110 valence electrons. The Kier molecular flexibility index (Phi) is 6.47. The minimum absolute atomic E-state index is 0.102. The van der Waals surface area contributed by atoms with Gasteiger partial charge in [-0.05, 0) is 40.5 Å². The molecule has 7 heteroatoms. The summed E-state index contributed by atoms with van der Waals surface area (Å²) in [6, 6.07) is 4.34. The molecule has 0 saturated carbocycles. The minimum atomic E-state index is -1.05. The fourth-order valence-corrected chi connectivity index (χ4v) is 1.95. The molecule has 0 radical (unpaired) electrons. The van der Waals surface area contributed by atoms with Gasteiger partial charge in [0.1, 0.15) is 0 Å². The normalized spacial score (nSPS) is 10.2. The SMILES string of the molecule is COCCCN(C)C(=O)Nc1ccc(Br)c(C(=O)O)c1.